The molecule has 2 aliphatic heterocycles. The van der Waals surface area contributed by atoms with Crippen molar-refractivity contribution >= 4 is 47.1 Å². The number of pyridine rings is 1. The second kappa shape index (κ2) is 14.4. The van der Waals surface area contributed by atoms with Crippen LogP contribution in [0.3, 0.4) is 0 Å². The van der Waals surface area contributed by atoms with Gasteiger partial charge in [0.15, 0.2) is 0 Å². The van der Waals surface area contributed by atoms with Crippen molar-refractivity contribution in [2.45, 2.75) is 71.4 Å². The van der Waals surface area contributed by atoms with Crippen LogP contribution < -0.4 is 5.32 Å². The molecule has 5 rings (SSSR count). The number of rotatable bonds is 7. The van der Waals surface area contributed by atoms with E-state index in [9.17, 15) is 14.4 Å². The number of anilines is 1. The van der Waals surface area contributed by atoms with Crippen LogP contribution in [0.15, 0.2) is 42.6 Å². The Hall–Kier alpha value is -3.63. The third-order valence-electron chi connectivity index (χ3n) is 8.24. The molecule has 2 fully saturated rings. The van der Waals surface area contributed by atoms with Crippen LogP contribution in [0.1, 0.15) is 80.9 Å². The van der Waals surface area contributed by atoms with Crippen LogP contribution in [0, 0.1) is 5.92 Å². The largest absolute Gasteiger partial charge is 0.461 e. The molecule has 2 N–H and O–H groups in total. The van der Waals surface area contributed by atoms with Gasteiger partial charge in [-0.25, -0.2) is 14.6 Å². The van der Waals surface area contributed by atoms with Gasteiger partial charge in [0.05, 0.1) is 6.61 Å². The van der Waals surface area contributed by atoms with Crippen molar-refractivity contribution in [1.29, 1.82) is 0 Å². The summed E-state index contributed by atoms with van der Waals surface area (Å²) in [6, 6.07) is 11.8. The first kappa shape index (κ1) is 33.3. The Morgan fingerprint density at radius 3 is 2.41 bits per heavy atom. The van der Waals surface area contributed by atoms with Crippen LogP contribution >= 0.6 is 12.4 Å². The van der Waals surface area contributed by atoms with Gasteiger partial charge >= 0.3 is 12.1 Å². The molecule has 11 heteroatoms. The summed E-state index contributed by atoms with van der Waals surface area (Å²) in [5.41, 5.74) is 2.97. The van der Waals surface area contributed by atoms with E-state index in [4.69, 9.17) is 9.47 Å². The highest BCUT2D eigenvalue weighted by atomic mass is 35.5. The number of nitrogens with zero attached hydrogens (tertiary/aromatic N) is 3. The molecule has 2 aliphatic rings. The molecule has 0 saturated carbocycles. The van der Waals surface area contributed by atoms with Crippen LogP contribution in [0.2, 0.25) is 0 Å². The zero-order chi connectivity index (χ0) is 30.6. The van der Waals surface area contributed by atoms with Crippen molar-refractivity contribution in [3.63, 3.8) is 0 Å². The van der Waals surface area contributed by atoms with Crippen LogP contribution in [-0.4, -0.2) is 76.1 Å². The van der Waals surface area contributed by atoms with E-state index in [0.29, 0.717) is 31.2 Å². The summed E-state index contributed by atoms with van der Waals surface area (Å²) < 4.78 is 10.7. The molecular formula is C33H44ClN5O5. The number of carbonyl (C=O) groups is 3. The average molecular weight is 626 g/mol. The molecule has 0 spiro atoms. The number of halogens is 1. The Labute approximate surface area is 265 Å². The van der Waals surface area contributed by atoms with Crippen molar-refractivity contribution < 1.29 is 23.9 Å². The summed E-state index contributed by atoms with van der Waals surface area (Å²) in [5.74, 6) is 0.605. The molecule has 2 aromatic heterocycles. The lowest BCUT2D eigenvalue weighted by atomic mass is 9.86. The number of fused-ring (bicyclic) bond motifs is 1. The Kier molecular flexibility index (Phi) is 10.9. The second-order valence-electron chi connectivity index (χ2n) is 12.5. The fourth-order valence-corrected chi connectivity index (χ4v) is 6.24. The molecular weight excluding hydrogens is 582 g/mol. The number of H-pyrrole nitrogens is 1. The lowest BCUT2D eigenvalue weighted by molar-refractivity contribution is -0.138. The summed E-state index contributed by atoms with van der Waals surface area (Å²) in [7, 11) is 0. The number of benzene rings is 1. The van der Waals surface area contributed by atoms with Gasteiger partial charge in [0.25, 0.3) is 0 Å². The molecule has 3 aromatic rings. The summed E-state index contributed by atoms with van der Waals surface area (Å²) >= 11 is 0. The molecule has 2 amide bonds. The fourth-order valence-electron chi connectivity index (χ4n) is 6.24. The number of aromatic amines is 1. The molecule has 1 aromatic carbocycles. The minimum Gasteiger partial charge on any atom is -0.461 e. The van der Waals surface area contributed by atoms with E-state index in [1.54, 1.807) is 6.20 Å². The minimum atomic E-state index is -0.579. The number of amides is 2. The first-order valence-corrected chi connectivity index (χ1v) is 15.3. The van der Waals surface area contributed by atoms with Gasteiger partial charge in [0.2, 0.25) is 5.91 Å². The van der Waals surface area contributed by atoms with Crippen molar-refractivity contribution in [3.8, 4) is 0 Å². The summed E-state index contributed by atoms with van der Waals surface area (Å²) in [6.07, 6.45) is 4.45. The monoisotopic (exact) mass is 625 g/mol. The number of carbonyl (C=O) groups excluding carboxylic acids is 3. The molecule has 0 bridgehead atoms. The minimum absolute atomic E-state index is 0. The Bertz CT molecular complexity index is 1450. The SMILES string of the molecule is CCOC(=O)c1[nH]c2ccccc2c1C1CCN(C(=O)C2CCN(Cc3ccnc(NC(=O)OC(C)(C)C)c3)CC2)CC1.Cl. The van der Waals surface area contributed by atoms with E-state index in [2.05, 4.69) is 26.3 Å². The maximum atomic E-state index is 13.5. The molecule has 0 atom stereocenters. The Morgan fingerprint density at radius 1 is 1.02 bits per heavy atom. The van der Waals surface area contributed by atoms with Crippen LogP contribution in [0.5, 0.6) is 0 Å². The molecule has 0 aliphatic carbocycles. The van der Waals surface area contributed by atoms with Gasteiger partial charge in [-0.3, -0.25) is 15.0 Å². The number of aromatic nitrogens is 2. The first-order valence-electron chi connectivity index (χ1n) is 15.3. The van der Waals surface area contributed by atoms with E-state index >= 15 is 0 Å². The number of hydrogen-bond donors (Lipinski definition) is 2. The number of piperidine rings is 2. The van der Waals surface area contributed by atoms with Crippen LogP contribution in [-0.2, 0) is 20.8 Å². The van der Waals surface area contributed by atoms with Gasteiger partial charge in [-0.15, -0.1) is 12.4 Å². The third kappa shape index (κ3) is 8.09. The number of esters is 1. The normalized spacial score (nSPS) is 16.8. The van der Waals surface area contributed by atoms with E-state index in [-0.39, 0.29) is 36.1 Å². The highest BCUT2D eigenvalue weighted by Gasteiger charge is 2.33. The van der Waals surface area contributed by atoms with Crippen molar-refractivity contribution in [1.82, 2.24) is 19.8 Å². The highest BCUT2D eigenvalue weighted by molar-refractivity contribution is 5.98. The van der Waals surface area contributed by atoms with Crippen LogP contribution in [0.25, 0.3) is 10.9 Å². The molecule has 0 unspecified atom stereocenters. The van der Waals surface area contributed by atoms with Gasteiger partial charge in [0.1, 0.15) is 17.1 Å². The molecule has 0 radical (unpaired) electrons. The van der Waals surface area contributed by atoms with Crippen LogP contribution in [0.4, 0.5) is 10.6 Å². The molecule has 2 saturated heterocycles. The smallest absolute Gasteiger partial charge is 0.413 e. The summed E-state index contributed by atoms with van der Waals surface area (Å²) in [4.78, 5) is 50.3. The zero-order valence-electron chi connectivity index (χ0n) is 26.1. The number of nitrogens with one attached hydrogen (secondary N) is 2. The van der Waals surface area contributed by atoms with Crippen molar-refractivity contribution in [2.75, 3.05) is 38.1 Å². The van der Waals surface area contributed by atoms with E-state index in [0.717, 1.165) is 67.3 Å². The summed E-state index contributed by atoms with van der Waals surface area (Å²) in [6.45, 7) is 11.4. The predicted octanol–water partition coefficient (Wildman–Crippen LogP) is 6.13. The van der Waals surface area contributed by atoms with Gasteiger partial charge in [-0.2, -0.15) is 0 Å². The number of likely N-dealkylation sites (tertiary alicyclic amines) is 2. The van der Waals surface area contributed by atoms with Gasteiger partial charge in [-0.1, -0.05) is 18.2 Å². The number of ether oxygens (including phenoxy) is 2. The van der Waals surface area contributed by atoms with Crippen molar-refractivity contribution in [3.05, 3.63) is 59.4 Å². The maximum Gasteiger partial charge on any atom is 0.413 e. The number of para-hydroxylation sites is 1. The van der Waals surface area contributed by atoms with E-state index < -0.39 is 11.7 Å². The Balaban J connectivity index is 0.00000442. The Morgan fingerprint density at radius 2 is 1.73 bits per heavy atom. The van der Waals surface area contributed by atoms with E-state index in [1.807, 2.05) is 62.9 Å². The fraction of sp³-hybridized carbons (Fsp3) is 0.515. The molecule has 238 valence electrons. The standard InChI is InChI=1S/C33H43N5O5.ClH/c1-5-42-31(40)29-28(25-8-6-7-9-26(25)35-29)23-13-18-38(19-14-23)30(39)24-11-16-37(17-12-24)21-22-10-15-34-27(20-22)36-32(41)43-33(2,3)4;/h6-10,15,20,23-24,35H,5,11-14,16-19,21H2,1-4H3,(H,34,36,41);1H. The average Bonchev–Trinajstić information content (AvgIpc) is 3.36. The second-order valence-corrected chi connectivity index (χ2v) is 12.5. The third-order valence-corrected chi connectivity index (χ3v) is 8.24. The summed E-state index contributed by atoms with van der Waals surface area (Å²) in [5, 5.41) is 3.76. The van der Waals surface area contributed by atoms with Crippen molar-refractivity contribution in [2.24, 2.45) is 5.92 Å². The molecule has 4 heterocycles. The number of hydrogen-bond acceptors (Lipinski definition) is 7. The first-order chi connectivity index (χ1) is 20.6. The maximum absolute atomic E-state index is 13.5. The zero-order valence-corrected chi connectivity index (χ0v) is 26.9. The molecule has 10 nitrogen and oxygen atoms in total. The quantitative estimate of drug-likeness (QED) is 0.304. The lowest BCUT2D eigenvalue weighted by Gasteiger charge is -2.37. The van der Waals surface area contributed by atoms with Gasteiger partial charge in [0, 0.05) is 42.7 Å². The topological polar surface area (TPSA) is 117 Å². The predicted molar refractivity (Wildman–Crippen MR) is 172 cm³/mol. The molecule has 44 heavy (non-hydrogen) atoms. The lowest BCUT2D eigenvalue weighted by Crippen LogP contribution is -2.45. The van der Waals surface area contributed by atoms with Gasteiger partial charge < -0.3 is 19.4 Å². The van der Waals surface area contributed by atoms with Gasteiger partial charge in [-0.05, 0) is 102 Å². The highest BCUT2D eigenvalue weighted by Crippen LogP contribution is 2.37. The van der Waals surface area contributed by atoms with E-state index in [1.165, 1.54) is 0 Å².